The highest BCUT2D eigenvalue weighted by Gasteiger charge is 2.74. The smallest absolute Gasteiger partial charge is 0.382 e. The van der Waals surface area contributed by atoms with E-state index < -0.39 is 17.8 Å². The van der Waals surface area contributed by atoms with E-state index in [0.29, 0.717) is 11.5 Å². The SMILES string of the molecule is COCC(NC(=O)C12CC1C2)c1cccc(C(F)(F)F)c1. The Labute approximate surface area is 120 Å². The number of halogens is 3. The van der Waals surface area contributed by atoms with Crippen LogP contribution in [0.25, 0.3) is 0 Å². The van der Waals surface area contributed by atoms with Gasteiger partial charge in [0.15, 0.2) is 0 Å². The molecule has 1 atom stereocenters. The molecule has 2 aliphatic rings. The first kappa shape index (κ1) is 14.4. The molecule has 6 heteroatoms. The van der Waals surface area contributed by atoms with Crippen molar-refractivity contribution in [2.45, 2.75) is 25.1 Å². The Bertz CT molecular complexity index is 564. The molecule has 0 bridgehead atoms. The van der Waals surface area contributed by atoms with Gasteiger partial charge in [-0.3, -0.25) is 4.79 Å². The van der Waals surface area contributed by atoms with E-state index in [1.165, 1.54) is 13.2 Å². The molecule has 3 rings (SSSR count). The third-order valence-electron chi connectivity index (χ3n) is 4.39. The lowest BCUT2D eigenvalue weighted by Gasteiger charge is -2.20. The minimum Gasteiger partial charge on any atom is -0.382 e. The molecule has 21 heavy (non-hydrogen) atoms. The summed E-state index contributed by atoms with van der Waals surface area (Å²) in [4.78, 5) is 12.1. The van der Waals surface area contributed by atoms with E-state index >= 15 is 0 Å². The zero-order valence-electron chi connectivity index (χ0n) is 11.5. The van der Waals surface area contributed by atoms with Crippen molar-refractivity contribution < 1.29 is 22.7 Å². The van der Waals surface area contributed by atoms with Gasteiger partial charge in [-0.1, -0.05) is 12.1 Å². The molecule has 2 saturated carbocycles. The fourth-order valence-electron chi connectivity index (χ4n) is 2.69. The first-order chi connectivity index (χ1) is 9.87. The third kappa shape index (κ3) is 2.64. The number of carbonyl (C=O) groups excluding carboxylic acids is 1. The minimum absolute atomic E-state index is 0.0630. The standard InChI is InChI=1S/C15H16F3NO2/c1-21-8-12(19-13(20)14-6-11(14)7-14)9-3-2-4-10(5-9)15(16,17)18/h2-5,11-12H,6-8H2,1H3,(H,19,20). The van der Waals surface area contributed by atoms with Gasteiger partial charge in [0.1, 0.15) is 0 Å². The van der Waals surface area contributed by atoms with Crippen molar-refractivity contribution in [3.05, 3.63) is 35.4 Å². The summed E-state index contributed by atoms with van der Waals surface area (Å²) >= 11 is 0. The first-order valence-corrected chi connectivity index (χ1v) is 6.84. The van der Waals surface area contributed by atoms with E-state index in [2.05, 4.69) is 5.32 Å². The van der Waals surface area contributed by atoms with Crippen LogP contribution in [0.5, 0.6) is 0 Å². The van der Waals surface area contributed by atoms with Crippen molar-refractivity contribution in [2.24, 2.45) is 11.3 Å². The van der Waals surface area contributed by atoms with Crippen LogP contribution >= 0.6 is 0 Å². The van der Waals surface area contributed by atoms with Gasteiger partial charge < -0.3 is 10.1 Å². The van der Waals surface area contributed by atoms with Crippen molar-refractivity contribution in [1.29, 1.82) is 0 Å². The summed E-state index contributed by atoms with van der Waals surface area (Å²) in [7, 11) is 1.46. The predicted molar refractivity (Wildman–Crippen MR) is 69.4 cm³/mol. The fourth-order valence-corrected chi connectivity index (χ4v) is 2.69. The maximum Gasteiger partial charge on any atom is 0.416 e. The lowest BCUT2D eigenvalue weighted by molar-refractivity contribution is -0.137. The highest BCUT2D eigenvalue weighted by molar-refractivity contribution is 5.90. The van der Waals surface area contributed by atoms with E-state index in [4.69, 9.17) is 4.74 Å². The zero-order chi connectivity index (χ0) is 15.3. The Morgan fingerprint density at radius 1 is 1.48 bits per heavy atom. The van der Waals surface area contributed by atoms with E-state index in [9.17, 15) is 18.0 Å². The molecule has 3 nitrogen and oxygen atoms in total. The summed E-state index contributed by atoms with van der Waals surface area (Å²) in [5.74, 6) is 0.425. The number of alkyl halides is 3. The van der Waals surface area contributed by atoms with Crippen LogP contribution in [0.4, 0.5) is 13.2 Å². The summed E-state index contributed by atoms with van der Waals surface area (Å²) in [5.41, 5.74) is -0.522. The molecule has 1 aromatic rings. The van der Waals surface area contributed by atoms with Crippen molar-refractivity contribution in [3.63, 3.8) is 0 Å². The normalized spacial score (nSPS) is 27.7. The molecule has 1 amide bonds. The highest BCUT2D eigenvalue weighted by Crippen LogP contribution is 2.75. The van der Waals surface area contributed by atoms with Gasteiger partial charge in [-0.25, -0.2) is 0 Å². The molecule has 0 heterocycles. The van der Waals surface area contributed by atoms with Gasteiger partial charge >= 0.3 is 6.18 Å². The lowest BCUT2D eigenvalue weighted by atomic mass is 10.0. The molecule has 0 saturated heterocycles. The Morgan fingerprint density at radius 3 is 2.67 bits per heavy atom. The van der Waals surface area contributed by atoms with Crippen molar-refractivity contribution in [2.75, 3.05) is 13.7 Å². The zero-order valence-corrected chi connectivity index (χ0v) is 11.5. The van der Waals surface area contributed by atoms with Crippen LogP contribution in [-0.4, -0.2) is 19.6 Å². The number of ether oxygens (including phenoxy) is 1. The average Bonchev–Trinajstić information content (AvgIpc) is 3.26. The fraction of sp³-hybridized carbons (Fsp3) is 0.533. The van der Waals surface area contributed by atoms with Crippen LogP contribution in [0, 0.1) is 11.3 Å². The molecule has 0 aromatic heterocycles. The summed E-state index contributed by atoms with van der Waals surface area (Å²) in [6.45, 7) is 0.147. The van der Waals surface area contributed by atoms with Crippen molar-refractivity contribution >= 4 is 5.91 Å². The first-order valence-electron chi connectivity index (χ1n) is 6.84. The van der Waals surface area contributed by atoms with Gasteiger partial charge in [0.25, 0.3) is 0 Å². The second-order valence-corrected chi connectivity index (χ2v) is 5.87. The molecular formula is C15H16F3NO2. The van der Waals surface area contributed by atoms with E-state index in [0.717, 1.165) is 25.0 Å². The summed E-state index contributed by atoms with van der Waals surface area (Å²) < 4.78 is 43.3. The third-order valence-corrected chi connectivity index (χ3v) is 4.39. The van der Waals surface area contributed by atoms with Crippen molar-refractivity contribution in [1.82, 2.24) is 5.32 Å². The van der Waals surface area contributed by atoms with Crippen LogP contribution in [0.1, 0.15) is 30.0 Å². The predicted octanol–water partition coefficient (Wildman–Crippen LogP) is 2.92. The van der Waals surface area contributed by atoms with E-state index in [1.54, 1.807) is 6.07 Å². The number of nitrogens with one attached hydrogen (secondary N) is 1. The molecule has 1 N–H and O–H groups in total. The number of rotatable bonds is 5. The maximum atomic E-state index is 12.8. The highest BCUT2D eigenvalue weighted by atomic mass is 19.4. The molecule has 0 spiro atoms. The average molecular weight is 299 g/mol. The van der Waals surface area contributed by atoms with Crippen LogP contribution in [0.2, 0.25) is 0 Å². The van der Waals surface area contributed by atoms with Gasteiger partial charge in [0.2, 0.25) is 5.91 Å². The molecule has 0 aliphatic heterocycles. The number of benzene rings is 1. The van der Waals surface area contributed by atoms with Crippen LogP contribution in [0.3, 0.4) is 0 Å². The molecule has 114 valence electrons. The molecule has 0 radical (unpaired) electrons. The van der Waals surface area contributed by atoms with Gasteiger partial charge in [-0.15, -0.1) is 0 Å². The lowest BCUT2D eigenvalue weighted by Crippen LogP contribution is -2.34. The summed E-state index contributed by atoms with van der Waals surface area (Å²) in [6.07, 6.45) is -2.59. The van der Waals surface area contributed by atoms with Crippen LogP contribution in [0.15, 0.2) is 24.3 Å². The summed E-state index contributed by atoms with van der Waals surface area (Å²) in [6, 6.07) is 4.46. The van der Waals surface area contributed by atoms with Crippen LogP contribution < -0.4 is 5.32 Å². The monoisotopic (exact) mass is 299 g/mol. The molecule has 2 aliphatic carbocycles. The number of hydrogen-bond donors (Lipinski definition) is 1. The molecule has 1 unspecified atom stereocenters. The second kappa shape index (κ2) is 4.73. The number of carbonyl (C=O) groups is 1. The van der Waals surface area contributed by atoms with Gasteiger partial charge in [-0.05, 0) is 36.5 Å². The molecule has 1 aromatic carbocycles. The van der Waals surface area contributed by atoms with Gasteiger partial charge in [0, 0.05) is 7.11 Å². The Balaban J connectivity index is 1.78. The summed E-state index contributed by atoms with van der Waals surface area (Å²) in [5, 5.41) is 2.83. The number of amides is 1. The Morgan fingerprint density at radius 2 is 2.14 bits per heavy atom. The molecule has 2 fully saturated rings. The molecular weight excluding hydrogens is 283 g/mol. The Kier molecular flexibility index (Phi) is 3.24. The van der Waals surface area contributed by atoms with Crippen LogP contribution in [-0.2, 0) is 15.7 Å². The quantitative estimate of drug-likeness (QED) is 0.908. The van der Waals surface area contributed by atoms with Gasteiger partial charge in [-0.2, -0.15) is 13.2 Å². The van der Waals surface area contributed by atoms with Crippen molar-refractivity contribution in [3.8, 4) is 0 Å². The van der Waals surface area contributed by atoms with Gasteiger partial charge in [0.05, 0.1) is 23.6 Å². The number of fused-ring (bicyclic) bond motifs is 1. The van der Waals surface area contributed by atoms with E-state index in [1.807, 2.05) is 0 Å². The van der Waals surface area contributed by atoms with E-state index in [-0.39, 0.29) is 17.9 Å². The topological polar surface area (TPSA) is 38.3 Å². The minimum atomic E-state index is -4.39. The number of methoxy groups -OCH3 is 1. The second-order valence-electron chi connectivity index (χ2n) is 5.87. The number of hydrogen-bond acceptors (Lipinski definition) is 2. The largest absolute Gasteiger partial charge is 0.416 e. The maximum absolute atomic E-state index is 12.8. The Hall–Kier alpha value is -1.56.